The van der Waals surface area contributed by atoms with Gasteiger partial charge in [0.2, 0.25) is 5.82 Å². The summed E-state index contributed by atoms with van der Waals surface area (Å²) in [6.07, 6.45) is -0.210. The van der Waals surface area contributed by atoms with Gasteiger partial charge in [-0.1, -0.05) is 6.92 Å². The summed E-state index contributed by atoms with van der Waals surface area (Å²) < 4.78 is 18.9. The number of furan rings is 1. The van der Waals surface area contributed by atoms with Crippen LogP contribution in [-0.2, 0) is 0 Å². The van der Waals surface area contributed by atoms with Gasteiger partial charge in [0.15, 0.2) is 0 Å². The molecule has 1 aromatic heterocycles. The second kappa shape index (κ2) is 5.19. The highest BCUT2D eigenvalue weighted by molar-refractivity contribution is 5.60. The molecule has 0 saturated heterocycles. The fourth-order valence-corrected chi connectivity index (χ4v) is 1.70. The van der Waals surface area contributed by atoms with E-state index in [1.165, 1.54) is 6.07 Å². The molecule has 2 aromatic rings. The number of halogens is 1. The molecule has 0 aliphatic rings. The number of nitro benzene ring substituents is 1. The van der Waals surface area contributed by atoms with Gasteiger partial charge in [-0.15, -0.1) is 0 Å². The third-order valence-corrected chi connectivity index (χ3v) is 2.77. The number of hydrogen-bond donors (Lipinski definition) is 1. The monoisotopic (exact) mass is 265 g/mol. The van der Waals surface area contributed by atoms with Crippen LogP contribution in [0, 0.1) is 15.9 Å². The van der Waals surface area contributed by atoms with Crippen LogP contribution in [0.5, 0.6) is 0 Å². The third kappa shape index (κ3) is 2.63. The van der Waals surface area contributed by atoms with Crippen LogP contribution >= 0.6 is 0 Å². The van der Waals surface area contributed by atoms with E-state index < -0.39 is 22.5 Å². The first kappa shape index (κ1) is 13.2. The highest BCUT2D eigenvalue weighted by Gasteiger charge is 2.16. The number of hydrogen-bond acceptors (Lipinski definition) is 4. The molecule has 0 saturated carbocycles. The predicted octanol–water partition coefficient (Wildman–Crippen LogP) is 3.44. The van der Waals surface area contributed by atoms with E-state index >= 15 is 0 Å². The average molecular weight is 265 g/mol. The van der Waals surface area contributed by atoms with Crippen molar-refractivity contribution in [3.63, 3.8) is 0 Å². The van der Waals surface area contributed by atoms with Crippen molar-refractivity contribution >= 4 is 5.69 Å². The van der Waals surface area contributed by atoms with Gasteiger partial charge in [0.25, 0.3) is 0 Å². The molecule has 0 spiro atoms. The number of benzene rings is 1. The number of nitrogens with zero attached hydrogens (tertiary/aromatic N) is 1. The fourth-order valence-electron chi connectivity index (χ4n) is 1.70. The topological polar surface area (TPSA) is 76.5 Å². The van der Waals surface area contributed by atoms with Crippen LogP contribution in [0.4, 0.5) is 10.1 Å². The lowest BCUT2D eigenvalue weighted by Crippen LogP contribution is -1.92. The molecule has 0 radical (unpaired) electrons. The Morgan fingerprint density at radius 2 is 2.16 bits per heavy atom. The van der Waals surface area contributed by atoms with Crippen molar-refractivity contribution in [3.8, 4) is 11.3 Å². The average Bonchev–Trinajstić information content (AvgIpc) is 2.86. The minimum Gasteiger partial charge on any atom is -0.458 e. The van der Waals surface area contributed by atoms with Crippen LogP contribution < -0.4 is 0 Å². The molecule has 1 aromatic carbocycles. The molecule has 0 aliphatic carbocycles. The molecule has 0 bridgehead atoms. The Morgan fingerprint density at radius 1 is 1.42 bits per heavy atom. The van der Waals surface area contributed by atoms with Crippen molar-refractivity contribution in [3.05, 3.63) is 52.0 Å². The van der Waals surface area contributed by atoms with E-state index in [1.54, 1.807) is 19.1 Å². The Labute approximate surface area is 108 Å². The van der Waals surface area contributed by atoms with Crippen LogP contribution in [0.3, 0.4) is 0 Å². The maximum absolute atomic E-state index is 13.5. The summed E-state index contributed by atoms with van der Waals surface area (Å²) in [7, 11) is 0. The third-order valence-electron chi connectivity index (χ3n) is 2.77. The van der Waals surface area contributed by atoms with E-state index in [9.17, 15) is 19.6 Å². The Bertz CT molecular complexity index is 608. The predicted molar refractivity (Wildman–Crippen MR) is 66.0 cm³/mol. The Balaban J connectivity index is 2.35. The van der Waals surface area contributed by atoms with Gasteiger partial charge < -0.3 is 9.52 Å². The molecule has 100 valence electrons. The zero-order valence-corrected chi connectivity index (χ0v) is 10.2. The lowest BCUT2D eigenvalue weighted by Gasteiger charge is -2.03. The highest BCUT2D eigenvalue weighted by atomic mass is 19.1. The first-order valence-corrected chi connectivity index (χ1v) is 5.75. The number of aliphatic hydroxyl groups is 1. The summed E-state index contributed by atoms with van der Waals surface area (Å²) in [6.45, 7) is 1.80. The molecule has 6 heteroatoms. The van der Waals surface area contributed by atoms with Gasteiger partial charge in [-0.25, -0.2) is 0 Å². The minimum absolute atomic E-state index is 0.358. The van der Waals surface area contributed by atoms with Gasteiger partial charge in [0.1, 0.15) is 17.6 Å². The maximum atomic E-state index is 13.5. The van der Waals surface area contributed by atoms with E-state index in [0.717, 1.165) is 12.1 Å². The van der Waals surface area contributed by atoms with E-state index in [1.807, 2.05) is 0 Å². The molecule has 2 rings (SSSR count). The fraction of sp³-hybridized carbons (Fsp3) is 0.231. The van der Waals surface area contributed by atoms with E-state index in [2.05, 4.69) is 0 Å². The lowest BCUT2D eigenvalue weighted by atomic mass is 10.1. The van der Waals surface area contributed by atoms with Crippen molar-refractivity contribution in [1.29, 1.82) is 0 Å². The first-order valence-electron chi connectivity index (χ1n) is 5.75. The summed E-state index contributed by atoms with van der Waals surface area (Å²) in [5.41, 5.74) is -0.193. The summed E-state index contributed by atoms with van der Waals surface area (Å²) >= 11 is 0. The van der Waals surface area contributed by atoms with Gasteiger partial charge in [-0.2, -0.15) is 4.39 Å². The molecule has 1 heterocycles. The SMILES string of the molecule is CCC(O)c1ccc(-c2ccc([N+](=O)[O-])c(F)c2)o1. The Kier molecular flexibility index (Phi) is 3.62. The molecule has 19 heavy (non-hydrogen) atoms. The minimum atomic E-state index is -0.920. The van der Waals surface area contributed by atoms with Crippen molar-refractivity contribution in [2.45, 2.75) is 19.4 Å². The van der Waals surface area contributed by atoms with Crippen molar-refractivity contribution < 1.29 is 18.8 Å². The quantitative estimate of drug-likeness (QED) is 0.678. The van der Waals surface area contributed by atoms with Crippen molar-refractivity contribution in [2.24, 2.45) is 0 Å². The van der Waals surface area contributed by atoms with Gasteiger partial charge in [-0.05, 0) is 30.7 Å². The molecule has 1 atom stereocenters. The zero-order chi connectivity index (χ0) is 14.0. The normalized spacial score (nSPS) is 12.4. The molecule has 0 fully saturated rings. The number of rotatable bonds is 4. The number of aliphatic hydroxyl groups excluding tert-OH is 1. The molecule has 1 unspecified atom stereocenters. The molecular weight excluding hydrogens is 253 g/mol. The van der Waals surface area contributed by atoms with Crippen LogP contribution in [-0.4, -0.2) is 10.0 Å². The van der Waals surface area contributed by atoms with Crippen LogP contribution in [0.2, 0.25) is 0 Å². The largest absolute Gasteiger partial charge is 0.458 e. The van der Waals surface area contributed by atoms with Gasteiger partial charge in [0.05, 0.1) is 4.92 Å². The summed E-state index contributed by atoms with van der Waals surface area (Å²) in [5.74, 6) is -0.177. The molecule has 0 amide bonds. The van der Waals surface area contributed by atoms with Gasteiger partial charge in [0, 0.05) is 11.6 Å². The summed E-state index contributed by atoms with van der Waals surface area (Å²) in [4.78, 5) is 9.73. The van der Waals surface area contributed by atoms with E-state index in [4.69, 9.17) is 4.42 Å². The van der Waals surface area contributed by atoms with Crippen molar-refractivity contribution in [1.82, 2.24) is 0 Å². The van der Waals surface area contributed by atoms with Gasteiger partial charge >= 0.3 is 5.69 Å². The highest BCUT2D eigenvalue weighted by Crippen LogP contribution is 2.29. The van der Waals surface area contributed by atoms with Crippen LogP contribution in [0.15, 0.2) is 34.7 Å². The summed E-state index contributed by atoms with van der Waals surface area (Å²) in [6, 6.07) is 6.72. The molecule has 0 aliphatic heterocycles. The van der Waals surface area contributed by atoms with Crippen LogP contribution in [0.25, 0.3) is 11.3 Å². The lowest BCUT2D eigenvalue weighted by molar-refractivity contribution is -0.387. The smallest absolute Gasteiger partial charge is 0.304 e. The summed E-state index contributed by atoms with van der Waals surface area (Å²) in [5, 5.41) is 20.1. The second-order valence-corrected chi connectivity index (χ2v) is 4.05. The molecular formula is C13H12FNO4. The molecule has 5 nitrogen and oxygen atoms in total. The standard InChI is InChI=1S/C13H12FNO4/c1-2-11(16)13-6-5-12(19-13)8-3-4-10(15(17)18)9(14)7-8/h3-7,11,16H,2H2,1H3. The maximum Gasteiger partial charge on any atom is 0.304 e. The zero-order valence-electron chi connectivity index (χ0n) is 10.2. The Hall–Kier alpha value is -2.21. The number of nitro groups is 1. The molecule has 1 N–H and O–H groups in total. The van der Waals surface area contributed by atoms with E-state index in [-0.39, 0.29) is 0 Å². The van der Waals surface area contributed by atoms with Crippen LogP contribution in [0.1, 0.15) is 25.2 Å². The van der Waals surface area contributed by atoms with E-state index in [0.29, 0.717) is 23.5 Å². The second-order valence-electron chi connectivity index (χ2n) is 4.05. The van der Waals surface area contributed by atoms with Gasteiger partial charge in [-0.3, -0.25) is 10.1 Å². The Morgan fingerprint density at radius 3 is 2.74 bits per heavy atom. The van der Waals surface area contributed by atoms with Crippen molar-refractivity contribution in [2.75, 3.05) is 0 Å². The first-order chi connectivity index (χ1) is 9.02.